The maximum absolute atomic E-state index is 11.6. The first kappa shape index (κ1) is 10.8. The highest BCUT2D eigenvalue weighted by Gasteiger charge is 2.32. The average Bonchev–Trinajstić information content (AvgIpc) is 2.74. The van der Waals surface area contributed by atoms with Gasteiger partial charge in [0.15, 0.2) is 0 Å². The Morgan fingerprint density at radius 1 is 1.44 bits per heavy atom. The summed E-state index contributed by atoms with van der Waals surface area (Å²) in [6.45, 7) is 0.213. The van der Waals surface area contributed by atoms with Crippen LogP contribution in [0.5, 0.6) is 0 Å². The van der Waals surface area contributed by atoms with Crippen molar-refractivity contribution in [2.24, 2.45) is 5.92 Å². The highest BCUT2D eigenvalue weighted by Crippen LogP contribution is 2.22. The normalized spacial score (nSPS) is 19.8. The van der Waals surface area contributed by atoms with Crippen molar-refractivity contribution in [2.45, 2.75) is 25.9 Å². The number of ketones is 1. The number of pyridine rings is 1. The molecule has 1 aromatic heterocycles. The van der Waals surface area contributed by atoms with Gasteiger partial charge in [0, 0.05) is 18.8 Å². The van der Waals surface area contributed by atoms with Gasteiger partial charge >= 0.3 is 5.97 Å². The lowest BCUT2D eigenvalue weighted by Gasteiger charge is -2.08. The van der Waals surface area contributed by atoms with Crippen LogP contribution in [0.1, 0.15) is 24.8 Å². The summed E-state index contributed by atoms with van der Waals surface area (Å²) in [6.07, 6.45) is 5.23. The number of carbonyl (C=O) groups is 2. The maximum atomic E-state index is 11.6. The molecule has 1 atom stereocenters. The van der Waals surface area contributed by atoms with E-state index >= 15 is 0 Å². The first-order valence-electron chi connectivity index (χ1n) is 5.35. The summed E-state index contributed by atoms with van der Waals surface area (Å²) < 4.78 is 5.09. The minimum Gasteiger partial charge on any atom is -0.460 e. The van der Waals surface area contributed by atoms with Gasteiger partial charge in [-0.05, 0) is 30.5 Å². The third-order valence-electron chi connectivity index (χ3n) is 2.72. The number of aromatic nitrogens is 1. The standard InChI is InChI=1S/C12H13NO3/c14-11-3-1-2-10(11)12(15)16-8-9-4-6-13-7-5-9/h4-7,10H,1-3,8H2. The van der Waals surface area contributed by atoms with Crippen molar-refractivity contribution >= 4 is 11.8 Å². The molecule has 0 saturated heterocycles. The number of hydrogen-bond donors (Lipinski definition) is 0. The molecule has 0 spiro atoms. The second-order valence-electron chi connectivity index (χ2n) is 3.87. The van der Waals surface area contributed by atoms with Gasteiger partial charge in [-0.15, -0.1) is 0 Å². The molecular weight excluding hydrogens is 206 g/mol. The van der Waals surface area contributed by atoms with Gasteiger partial charge in [-0.3, -0.25) is 14.6 Å². The van der Waals surface area contributed by atoms with E-state index in [4.69, 9.17) is 4.74 Å². The minimum atomic E-state index is -0.526. The molecule has 1 aliphatic carbocycles. The Kier molecular flexibility index (Phi) is 3.29. The molecular formula is C12H13NO3. The van der Waals surface area contributed by atoms with Gasteiger partial charge in [0.25, 0.3) is 0 Å². The molecule has 1 aliphatic rings. The van der Waals surface area contributed by atoms with E-state index in [1.54, 1.807) is 24.5 Å². The number of nitrogens with zero attached hydrogens (tertiary/aromatic N) is 1. The van der Waals surface area contributed by atoms with E-state index in [0.717, 1.165) is 12.0 Å². The smallest absolute Gasteiger partial charge is 0.316 e. The number of hydrogen-bond acceptors (Lipinski definition) is 4. The van der Waals surface area contributed by atoms with Crippen molar-refractivity contribution in [3.63, 3.8) is 0 Å². The van der Waals surface area contributed by atoms with Gasteiger partial charge in [0.1, 0.15) is 18.3 Å². The average molecular weight is 219 g/mol. The van der Waals surface area contributed by atoms with Crippen molar-refractivity contribution in [3.8, 4) is 0 Å². The van der Waals surface area contributed by atoms with Gasteiger partial charge in [-0.2, -0.15) is 0 Å². The van der Waals surface area contributed by atoms with E-state index < -0.39 is 5.92 Å². The molecule has 0 radical (unpaired) electrons. The van der Waals surface area contributed by atoms with Crippen LogP contribution in [0, 0.1) is 5.92 Å². The fraction of sp³-hybridized carbons (Fsp3) is 0.417. The Labute approximate surface area is 93.6 Å². The summed E-state index contributed by atoms with van der Waals surface area (Å²) in [6, 6.07) is 3.56. The molecule has 1 aromatic rings. The zero-order chi connectivity index (χ0) is 11.4. The van der Waals surface area contributed by atoms with Crippen LogP contribution in [0.3, 0.4) is 0 Å². The summed E-state index contributed by atoms with van der Waals surface area (Å²) >= 11 is 0. The summed E-state index contributed by atoms with van der Waals surface area (Å²) in [5, 5.41) is 0. The third kappa shape index (κ3) is 2.45. The van der Waals surface area contributed by atoms with E-state index in [1.165, 1.54) is 0 Å². The van der Waals surface area contributed by atoms with E-state index in [9.17, 15) is 9.59 Å². The first-order valence-corrected chi connectivity index (χ1v) is 5.35. The monoisotopic (exact) mass is 219 g/mol. The van der Waals surface area contributed by atoms with Crippen LogP contribution in [-0.2, 0) is 20.9 Å². The van der Waals surface area contributed by atoms with Crippen LogP contribution in [0.25, 0.3) is 0 Å². The Balaban J connectivity index is 1.86. The molecule has 1 unspecified atom stereocenters. The van der Waals surface area contributed by atoms with Gasteiger partial charge < -0.3 is 4.74 Å². The lowest BCUT2D eigenvalue weighted by molar-refractivity contribution is -0.152. The zero-order valence-corrected chi connectivity index (χ0v) is 8.89. The van der Waals surface area contributed by atoms with Crippen molar-refractivity contribution in [1.29, 1.82) is 0 Å². The number of ether oxygens (including phenoxy) is 1. The highest BCUT2D eigenvalue weighted by atomic mass is 16.5. The number of esters is 1. The zero-order valence-electron chi connectivity index (χ0n) is 8.89. The Morgan fingerprint density at radius 2 is 2.19 bits per heavy atom. The highest BCUT2D eigenvalue weighted by molar-refractivity contribution is 6.00. The van der Waals surface area contributed by atoms with Crippen molar-refractivity contribution in [3.05, 3.63) is 30.1 Å². The van der Waals surface area contributed by atoms with Crippen LogP contribution >= 0.6 is 0 Å². The molecule has 2 rings (SSSR count). The summed E-state index contributed by atoms with van der Waals surface area (Å²) in [5.74, 6) is -0.902. The summed E-state index contributed by atoms with van der Waals surface area (Å²) in [5.41, 5.74) is 0.883. The molecule has 1 heterocycles. The predicted octanol–water partition coefficient (Wildman–Crippen LogP) is 1.49. The molecule has 0 amide bonds. The SMILES string of the molecule is O=C1CCCC1C(=O)OCc1ccncc1. The lowest BCUT2D eigenvalue weighted by atomic mass is 10.1. The van der Waals surface area contributed by atoms with Crippen LogP contribution in [0.15, 0.2) is 24.5 Å². The maximum Gasteiger partial charge on any atom is 0.316 e. The van der Waals surface area contributed by atoms with E-state index in [1.807, 2.05) is 0 Å². The van der Waals surface area contributed by atoms with E-state index in [0.29, 0.717) is 12.8 Å². The fourth-order valence-electron chi connectivity index (χ4n) is 1.80. The van der Waals surface area contributed by atoms with Crippen LogP contribution in [-0.4, -0.2) is 16.7 Å². The number of Topliss-reactive ketones (excluding diaryl/α,β-unsaturated/α-hetero) is 1. The quantitative estimate of drug-likeness (QED) is 0.571. The molecule has 1 saturated carbocycles. The molecule has 16 heavy (non-hydrogen) atoms. The van der Waals surface area contributed by atoms with Crippen molar-refractivity contribution in [2.75, 3.05) is 0 Å². The van der Waals surface area contributed by atoms with Crippen LogP contribution in [0.4, 0.5) is 0 Å². The molecule has 0 N–H and O–H groups in total. The fourth-order valence-corrected chi connectivity index (χ4v) is 1.80. The Hall–Kier alpha value is -1.71. The Bertz CT molecular complexity index is 389. The summed E-state index contributed by atoms with van der Waals surface area (Å²) in [4.78, 5) is 26.8. The lowest BCUT2D eigenvalue weighted by Crippen LogP contribution is -2.21. The number of rotatable bonds is 3. The topological polar surface area (TPSA) is 56.3 Å². The van der Waals surface area contributed by atoms with Gasteiger partial charge in [0.05, 0.1) is 0 Å². The van der Waals surface area contributed by atoms with Crippen LogP contribution in [0.2, 0.25) is 0 Å². The molecule has 4 nitrogen and oxygen atoms in total. The minimum absolute atomic E-state index is 0.0136. The summed E-state index contributed by atoms with van der Waals surface area (Å²) in [7, 11) is 0. The van der Waals surface area contributed by atoms with Crippen molar-refractivity contribution < 1.29 is 14.3 Å². The predicted molar refractivity (Wildman–Crippen MR) is 56.4 cm³/mol. The second kappa shape index (κ2) is 4.88. The van der Waals surface area contributed by atoms with Crippen LogP contribution < -0.4 is 0 Å². The number of carbonyl (C=O) groups excluding carboxylic acids is 2. The third-order valence-corrected chi connectivity index (χ3v) is 2.72. The Morgan fingerprint density at radius 3 is 2.81 bits per heavy atom. The molecule has 0 aliphatic heterocycles. The molecule has 0 aromatic carbocycles. The van der Waals surface area contributed by atoms with Gasteiger partial charge in [0.2, 0.25) is 0 Å². The molecule has 4 heteroatoms. The van der Waals surface area contributed by atoms with Gasteiger partial charge in [-0.1, -0.05) is 0 Å². The molecule has 84 valence electrons. The van der Waals surface area contributed by atoms with Crippen molar-refractivity contribution in [1.82, 2.24) is 4.98 Å². The van der Waals surface area contributed by atoms with E-state index in [2.05, 4.69) is 4.98 Å². The molecule has 0 bridgehead atoms. The molecule has 1 fully saturated rings. The van der Waals surface area contributed by atoms with Gasteiger partial charge in [-0.25, -0.2) is 0 Å². The first-order chi connectivity index (χ1) is 7.77. The largest absolute Gasteiger partial charge is 0.460 e. The second-order valence-corrected chi connectivity index (χ2v) is 3.87. The van der Waals surface area contributed by atoms with E-state index in [-0.39, 0.29) is 18.4 Å².